The molecule has 1 saturated heterocycles. The average Bonchev–Trinajstić information content (AvgIpc) is 2.95. The van der Waals surface area contributed by atoms with Gasteiger partial charge in [-0.15, -0.1) is 0 Å². The fourth-order valence-electron chi connectivity index (χ4n) is 2.85. The van der Waals surface area contributed by atoms with E-state index in [0.29, 0.717) is 0 Å². The zero-order chi connectivity index (χ0) is 16.2. The van der Waals surface area contributed by atoms with Gasteiger partial charge in [0.1, 0.15) is 12.6 Å². The van der Waals surface area contributed by atoms with Crippen molar-refractivity contribution in [2.75, 3.05) is 6.61 Å². The van der Waals surface area contributed by atoms with Crippen molar-refractivity contribution in [3.05, 3.63) is 71.8 Å². The third-order valence-electron chi connectivity index (χ3n) is 3.99. The molecule has 2 atom stereocenters. The van der Waals surface area contributed by atoms with Crippen LogP contribution in [0.5, 0.6) is 0 Å². The summed E-state index contributed by atoms with van der Waals surface area (Å²) in [5, 5.41) is 9.63. The van der Waals surface area contributed by atoms with Crippen molar-refractivity contribution in [3.63, 3.8) is 0 Å². The van der Waals surface area contributed by atoms with Crippen molar-refractivity contribution in [3.8, 4) is 0 Å². The number of carboxylic acid groups (broad SMARTS) is 1. The van der Waals surface area contributed by atoms with E-state index in [-0.39, 0.29) is 19.1 Å². The van der Waals surface area contributed by atoms with Crippen LogP contribution in [0.1, 0.15) is 17.2 Å². The highest BCUT2D eigenvalue weighted by Crippen LogP contribution is 2.30. The molecule has 1 amide bonds. The molecule has 3 rings (SSSR count). The van der Waals surface area contributed by atoms with Gasteiger partial charge in [-0.1, -0.05) is 60.7 Å². The first-order valence-electron chi connectivity index (χ1n) is 7.43. The Kier molecular flexibility index (Phi) is 4.28. The van der Waals surface area contributed by atoms with Gasteiger partial charge in [0.25, 0.3) is 0 Å². The molecule has 118 valence electrons. The minimum absolute atomic E-state index is 0.168. The summed E-state index contributed by atoms with van der Waals surface area (Å²) in [6, 6.07) is 17.3. The van der Waals surface area contributed by atoms with Crippen LogP contribution in [0.3, 0.4) is 0 Å². The molecule has 1 heterocycles. The molecule has 2 aromatic carbocycles. The molecule has 0 bridgehead atoms. The molecule has 0 radical (unpaired) electrons. The van der Waals surface area contributed by atoms with Crippen LogP contribution in [-0.2, 0) is 16.0 Å². The van der Waals surface area contributed by atoms with E-state index in [9.17, 15) is 14.7 Å². The first kappa shape index (κ1) is 15.1. The molecule has 0 spiro atoms. The first-order valence-corrected chi connectivity index (χ1v) is 7.43. The van der Waals surface area contributed by atoms with Gasteiger partial charge in [-0.2, -0.15) is 0 Å². The van der Waals surface area contributed by atoms with Gasteiger partial charge >= 0.3 is 12.1 Å². The molecule has 2 aromatic rings. The van der Waals surface area contributed by atoms with E-state index in [1.807, 2.05) is 60.7 Å². The normalized spacial score (nSPS) is 18.5. The Labute approximate surface area is 134 Å². The number of ether oxygens (including phenoxy) is 1. The predicted molar refractivity (Wildman–Crippen MR) is 83.9 cm³/mol. The third-order valence-corrected chi connectivity index (χ3v) is 3.99. The molecule has 1 fully saturated rings. The Morgan fingerprint density at radius 3 is 2.35 bits per heavy atom. The number of hydrogen-bond donors (Lipinski definition) is 1. The molecule has 1 N–H and O–H groups in total. The SMILES string of the molecule is O=C(O)C(Cc1ccccc1)N1C(=O)OC[C@H]1c1ccccc1. The molecule has 1 unspecified atom stereocenters. The van der Waals surface area contributed by atoms with E-state index in [0.717, 1.165) is 11.1 Å². The first-order chi connectivity index (χ1) is 11.2. The predicted octanol–water partition coefficient (Wildman–Crippen LogP) is 2.88. The van der Waals surface area contributed by atoms with Crippen molar-refractivity contribution in [1.82, 2.24) is 4.90 Å². The highest BCUT2D eigenvalue weighted by atomic mass is 16.6. The number of nitrogens with zero attached hydrogens (tertiary/aromatic N) is 1. The van der Waals surface area contributed by atoms with E-state index in [2.05, 4.69) is 0 Å². The average molecular weight is 311 g/mol. The molecule has 1 aliphatic rings. The van der Waals surface area contributed by atoms with Gasteiger partial charge in [0.2, 0.25) is 0 Å². The Balaban J connectivity index is 1.90. The lowest BCUT2D eigenvalue weighted by Gasteiger charge is -2.28. The van der Waals surface area contributed by atoms with Gasteiger partial charge in [-0.3, -0.25) is 4.90 Å². The molecule has 1 aliphatic heterocycles. The van der Waals surface area contributed by atoms with E-state index >= 15 is 0 Å². The second-order valence-corrected chi connectivity index (χ2v) is 5.45. The molecule has 23 heavy (non-hydrogen) atoms. The van der Waals surface area contributed by atoms with Crippen LogP contribution in [0.4, 0.5) is 4.79 Å². The molecule has 0 aromatic heterocycles. The van der Waals surface area contributed by atoms with Gasteiger partial charge < -0.3 is 9.84 Å². The van der Waals surface area contributed by atoms with Gasteiger partial charge in [0, 0.05) is 6.42 Å². The van der Waals surface area contributed by atoms with Crippen LogP contribution in [0, 0.1) is 0 Å². The number of rotatable bonds is 5. The van der Waals surface area contributed by atoms with Crippen LogP contribution < -0.4 is 0 Å². The Morgan fingerprint density at radius 1 is 1.13 bits per heavy atom. The van der Waals surface area contributed by atoms with Crippen LogP contribution in [0.15, 0.2) is 60.7 Å². The van der Waals surface area contributed by atoms with Crippen molar-refractivity contribution >= 4 is 12.1 Å². The van der Waals surface area contributed by atoms with Gasteiger partial charge in [-0.05, 0) is 11.1 Å². The van der Waals surface area contributed by atoms with E-state index in [1.54, 1.807) is 0 Å². The van der Waals surface area contributed by atoms with Crippen molar-refractivity contribution in [1.29, 1.82) is 0 Å². The summed E-state index contributed by atoms with van der Waals surface area (Å²) in [6.45, 7) is 0.168. The van der Waals surface area contributed by atoms with Crippen molar-refractivity contribution in [2.24, 2.45) is 0 Å². The summed E-state index contributed by atoms with van der Waals surface area (Å²) in [5.41, 5.74) is 1.74. The highest BCUT2D eigenvalue weighted by molar-refractivity contribution is 5.81. The van der Waals surface area contributed by atoms with Gasteiger partial charge in [-0.25, -0.2) is 9.59 Å². The molecular formula is C18H17NO4. The smallest absolute Gasteiger partial charge is 0.411 e. The number of cyclic esters (lactones) is 1. The topological polar surface area (TPSA) is 66.8 Å². The summed E-state index contributed by atoms with van der Waals surface area (Å²) in [5.74, 6) is -1.03. The molecule has 5 nitrogen and oxygen atoms in total. The Hall–Kier alpha value is -2.82. The van der Waals surface area contributed by atoms with Gasteiger partial charge in [0.15, 0.2) is 0 Å². The number of carboxylic acids is 1. The number of amides is 1. The number of carbonyl (C=O) groups is 2. The summed E-state index contributed by atoms with van der Waals surface area (Å²) in [6.07, 6.45) is -0.337. The lowest BCUT2D eigenvalue weighted by Crippen LogP contribution is -2.44. The van der Waals surface area contributed by atoms with Crippen molar-refractivity contribution in [2.45, 2.75) is 18.5 Å². The minimum Gasteiger partial charge on any atom is -0.480 e. The lowest BCUT2D eigenvalue weighted by atomic mass is 10.0. The second-order valence-electron chi connectivity index (χ2n) is 5.45. The summed E-state index contributed by atoms with van der Waals surface area (Å²) < 4.78 is 5.13. The fraction of sp³-hybridized carbons (Fsp3) is 0.222. The summed E-state index contributed by atoms with van der Waals surface area (Å²) >= 11 is 0. The van der Waals surface area contributed by atoms with Crippen LogP contribution >= 0.6 is 0 Å². The summed E-state index contributed by atoms with van der Waals surface area (Å²) in [7, 11) is 0. The quantitative estimate of drug-likeness (QED) is 0.922. The number of hydrogen-bond acceptors (Lipinski definition) is 3. The maximum atomic E-state index is 12.1. The number of benzene rings is 2. The zero-order valence-corrected chi connectivity index (χ0v) is 12.5. The Bertz CT molecular complexity index is 687. The van der Waals surface area contributed by atoms with E-state index < -0.39 is 18.1 Å². The van der Waals surface area contributed by atoms with Crippen molar-refractivity contribution < 1.29 is 19.4 Å². The third kappa shape index (κ3) is 3.18. The largest absolute Gasteiger partial charge is 0.480 e. The number of carbonyl (C=O) groups excluding carboxylic acids is 1. The maximum absolute atomic E-state index is 12.1. The standard InChI is InChI=1S/C18H17NO4/c20-17(21)15(11-13-7-3-1-4-8-13)19-16(12-23-18(19)22)14-9-5-2-6-10-14/h1-10,15-16H,11-12H2,(H,20,21)/t15?,16-/m0/s1. The molecular weight excluding hydrogens is 294 g/mol. The van der Waals surface area contributed by atoms with E-state index in [1.165, 1.54) is 4.90 Å². The molecule has 0 saturated carbocycles. The van der Waals surface area contributed by atoms with Gasteiger partial charge in [0.05, 0.1) is 6.04 Å². The maximum Gasteiger partial charge on any atom is 0.411 e. The van der Waals surface area contributed by atoms with E-state index in [4.69, 9.17) is 4.74 Å². The number of aliphatic carboxylic acids is 1. The zero-order valence-electron chi connectivity index (χ0n) is 12.5. The Morgan fingerprint density at radius 2 is 1.74 bits per heavy atom. The lowest BCUT2D eigenvalue weighted by molar-refractivity contribution is -0.142. The van der Waals surface area contributed by atoms with Crippen LogP contribution in [0.25, 0.3) is 0 Å². The monoisotopic (exact) mass is 311 g/mol. The van der Waals surface area contributed by atoms with Crippen LogP contribution in [-0.4, -0.2) is 34.7 Å². The molecule has 5 heteroatoms. The van der Waals surface area contributed by atoms with Crippen LogP contribution in [0.2, 0.25) is 0 Å². The minimum atomic E-state index is -1.03. The highest BCUT2D eigenvalue weighted by Gasteiger charge is 2.42. The second kappa shape index (κ2) is 6.52. The fourth-order valence-corrected chi connectivity index (χ4v) is 2.85. The molecule has 0 aliphatic carbocycles. The summed E-state index contributed by atoms with van der Waals surface area (Å²) in [4.78, 5) is 25.2.